The van der Waals surface area contributed by atoms with Crippen molar-refractivity contribution in [3.8, 4) is 28.7 Å². The second-order valence-electron chi connectivity index (χ2n) is 11.3. The lowest BCUT2D eigenvalue weighted by Gasteiger charge is -2.24. The number of hydrogen-bond donors (Lipinski definition) is 1. The van der Waals surface area contributed by atoms with E-state index in [1.54, 1.807) is 36.4 Å². The van der Waals surface area contributed by atoms with Gasteiger partial charge in [-0.2, -0.15) is 0 Å². The molecule has 46 heavy (non-hydrogen) atoms. The van der Waals surface area contributed by atoms with Crippen molar-refractivity contribution in [1.29, 1.82) is 0 Å². The average molecular weight is 645 g/mol. The molecule has 240 valence electrons. The summed E-state index contributed by atoms with van der Waals surface area (Å²) in [5, 5.41) is 12.0. The summed E-state index contributed by atoms with van der Waals surface area (Å²) in [6, 6.07) is 14.7. The van der Waals surface area contributed by atoms with E-state index in [2.05, 4.69) is 13.8 Å². The summed E-state index contributed by atoms with van der Waals surface area (Å²) in [6.07, 6.45) is 0.867. The fourth-order valence-corrected chi connectivity index (χ4v) is 6.45. The van der Waals surface area contributed by atoms with E-state index in [0.717, 1.165) is 11.1 Å². The molecule has 0 saturated carbocycles. The summed E-state index contributed by atoms with van der Waals surface area (Å²) in [6.45, 7) is 10.2. The molecule has 4 aromatic rings. The SMILES string of the molecule is CCOc1ccc2nc(N3C(=O)C(=O)/C(=C(/O)c4ccc5c(c4)OCCO5)[C@H]3c3ccc(OCCC(C)C)c(OCC)c3)sc2c1. The number of aliphatic hydroxyl groups excluding tert-OH is 1. The number of carbonyl (C=O) groups is 2. The third-order valence-electron chi connectivity index (χ3n) is 7.66. The fourth-order valence-electron chi connectivity index (χ4n) is 5.43. The van der Waals surface area contributed by atoms with E-state index in [-0.39, 0.29) is 11.3 Å². The number of aromatic nitrogens is 1. The minimum absolute atomic E-state index is 0.0770. The van der Waals surface area contributed by atoms with Crippen molar-refractivity contribution in [1.82, 2.24) is 4.98 Å². The minimum Gasteiger partial charge on any atom is -0.507 e. The number of hydrogen-bond acceptors (Lipinski definition) is 10. The maximum atomic E-state index is 13.9. The zero-order valence-electron chi connectivity index (χ0n) is 26.2. The molecule has 1 aromatic heterocycles. The van der Waals surface area contributed by atoms with Crippen LogP contribution in [0.5, 0.6) is 28.7 Å². The number of rotatable bonds is 11. The Morgan fingerprint density at radius 1 is 0.957 bits per heavy atom. The Balaban J connectivity index is 1.49. The first kappa shape index (κ1) is 31.2. The monoisotopic (exact) mass is 644 g/mol. The number of fused-ring (bicyclic) bond motifs is 2. The molecule has 3 aromatic carbocycles. The van der Waals surface area contributed by atoms with Gasteiger partial charge in [-0.05, 0) is 80.3 Å². The molecule has 1 atom stereocenters. The van der Waals surface area contributed by atoms with Gasteiger partial charge in [-0.1, -0.05) is 31.3 Å². The highest BCUT2D eigenvalue weighted by molar-refractivity contribution is 7.22. The lowest BCUT2D eigenvalue weighted by atomic mass is 9.95. The van der Waals surface area contributed by atoms with Crippen molar-refractivity contribution in [2.45, 2.75) is 40.2 Å². The number of nitrogens with zero attached hydrogens (tertiary/aromatic N) is 2. The molecule has 3 heterocycles. The molecule has 11 heteroatoms. The second-order valence-corrected chi connectivity index (χ2v) is 12.3. The van der Waals surface area contributed by atoms with Crippen LogP contribution in [-0.2, 0) is 9.59 Å². The zero-order chi connectivity index (χ0) is 32.4. The number of thiazole rings is 1. The molecule has 0 bridgehead atoms. The van der Waals surface area contributed by atoms with Gasteiger partial charge in [0, 0.05) is 5.56 Å². The lowest BCUT2D eigenvalue weighted by molar-refractivity contribution is -0.132. The Morgan fingerprint density at radius 2 is 1.74 bits per heavy atom. The largest absolute Gasteiger partial charge is 0.507 e. The van der Waals surface area contributed by atoms with Crippen molar-refractivity contribution in [3.63, 3.8) is 0 Å². The third kappa shape index (κ3) is 6.06. The first-order chi connectivity index (χ1) is 22.3. The van der Waals surface area contributed by atoms with Crippen molar-refractivity contribution in [3.05, 3.63) is 71.3 Å². The molecule has 1 amide bonds. The Kier molecular flexibility index (Phi) is 9.03. The number of amides is 1. The van der Waals surface area contributed by atoms with Crippen molar-refractivity contribution < 1.29 is 38.4 Å². The zero-order valence-corrected chi connectivity index (χ0v) is 27.0. The van der Waals surface area contributed by atoms with Gasteiger partial charge in [-0.15, -0.1) is 0 Å². The molecule has 10 nitrogen and oxygen atoms in total. The van der Waals surface area contributed by atoms with Crippen LogP contribution in [0.1, 0.15) is 51.3 Å². The van der Waals surface area contributed by atoms with Crippen LogP contribution in [0.15, 0.2) is 60.2 Å². The highest BCUT2D eigenvalue weighted by atomic mass is 32.1. The van der Waals surface area contributed by atoms with Crippen LogP contribution in [0.2, 0.25) is 0 Å². The molecule has 2 aliphatic rings. The first-order valence-electron chi connectivity index (χ1n) is 15.4. The molecule has 6 rings (SSSR count). The molecule has 0 radical (unpaired) electrons. The maximum absolute atomic E-state index is 13.9. The number of ketones is 1. The fraction of sp³-hybridized carbons (Fsp3) is 0.343. The van der Waals surface area contributed by atoms with Gasteiger partial charge < -0.3 is 28.8 Å². The molecule has 2 aliphatic heterocycles. The number of anilines is 1. The van der Waals surface area contributed by atoms with Gasteiger partial charge >= 0.3 is 5.91 Å². The van der Waals surface area contributed by atoms with Crippen LogP contribution in [0.4, 0.5) is 5.13 Å². The van der Waals surface area contributed by atoms with Crippen LogP contribution in [0.25, 0.3) is 16.0 Å². The van der Waals surface area contributed by atoms with Gasteiger partial charge in [-0.25, -0.2) is 4.98 Å². The van der Waals surface area contributed by atoms with E-state index in [1.165, 1.54) is 16.2 Å². The highest BCUT2D eigenvalue weighted by Gasteiger charge is 2.48. The van der Waals surface area contributed by atoms with Crippen LogP contribution in [0.3, 0.4) is 0 Å². The van der Waals surface area contributed by atoms with Crippen molar-refractivity contribution in [2.24, 2.45) is 5.92 Å². The Bertz CT molecular complexity index is 1810. The lowest BCUT2D eigenvalue weighted by Crippen LogP contribution is -2.29. The number of Topliss-reactive ketones (excluding diaryl/α,β-unsaturated/α-hetero) is 1. The molecule has 1 saturated heterocycles. The van der Waals surface area contributed by atoms with Gasteiger partial charge in [0.15, 0.2) is 28.1 Å². The van der Waals surface area contributed by atoms with Gasteiger partial charge in [0.25, 0.3) is 5.78 Å². The normalized spacial score (nSPS) is 17.2. The maximum Gasteiger partial charge on any atom is 0.301 e. The number of benzene rings is 3. The smallest absolute Gasteiger partial charge is 0.301 e. The van der Waals surface area contributed by atoms with Crippen molar-refractivity contribution in [2.75, 3.05) is 37.9 Å². The predicted octanol–water partition coefficient (Wildman–Crippen LogP) is 6.92. The summed E-state index contributed by atoms with van der Waals surface area (Å²) in [5.74, 6) is 1.18. The Labute approximate surface area is 271 Å². The molecular weight excluding hydrogens is 608 g/mol. The first-order valence-corrected chi connectivity index (χ1v) is 16.2. The van der Waals surface area contributed by atoms with Gasteiger partial charge in [-0.3, -0.25) is 14.5 Å². The van der Waals surface area contributed by atoms with Crippen molar-refractivity contribution >= 4 is 44.1 Å². The van der Waals surface area contributed by atoms with Gasteiger partial charge in [0.1, 0.15) is 24.7 Å². The molecular formula is C35H36N2O8S. The molecule has 1 N–H and O–H groups in total. The summed E-state index contributed by atoms with van der Waals surface area (Å²) < 4.78 is 29.8. The second kappa shape index (κ2) is 13.3. The minimum atomic E-state index is -1.01. The van der Waals surface area contributed by atoms with Crippen LogP contribution in [-0.4, -0.2) is 54.8 Å². The van der Waals surface area contributed by atoms with Gasteiger partial charge in [0.05, 0.1) is 41.7 Å². The molecule has 0 unspecified atom stereocenters. The summed E-state index contributed by atoms with van der Waals surface area (Å²) in [4.78, 5) is 33.8. The average Bonchev–Trinajstić information content (AvgIpc) is 3.58. The van der Waals surface area contributed by atoms with E-state index in [1.807, 2.05) is 32.0 Å². The van der Waals surface area contributed by atoms with E-state index >= 15 is 0 Å². The quantitative estimate of drug-likeness (QED) is 0.106. The summed E-state index contributed by atoms with van der Waals surface area (Å²) in [7, 11) is 0. The van der Waals surface area contributed by atoms with Crippen LogP contribution < -0.4 is 28.6 Å². The standard InChI is InChI=1S/C35H36N2O8S/c1-5-41-23-9-10-24-29(19-23)46-35(36-24)37-31(21-7-11-25(27(17-21)42-6-2)43-14-13-20(3)4)30(33(39)34(37)40)32(38)22-8-12-26-28(18-22)45-16-15-44-26/h7-12,17-20,31,38H,5-6,13-16H2,1-4H3/b32-30+/t31-/m1/s1. The topological polar surface area (TPSA) is 117 Å². The molecule has 1 fully saturated rings. The molecule has 0 spiro atoms. The van der Waals surface area contributed by atoms with Gasteiger partial charge in [0.2, 0.25) is 0 Å². The predicted molar refractivity (Wildman–Crippen MR) is 176 cm³/mol. The van der Waals surface area contributed by atoms with Crippen LogP contribution >= 0.6 is 11.3 Å². The van der Waals surface area contributed by atoms with E-state index in [9.17, 15) is 14.7 Å². The number of aliphatic hydroxyl groups is 1. The summed E-state index contributed by atoms with van der Waals surface area (Å²) in [5.41, 5.74) is 1.44. The number of carbonyl (C=O) groups excluding carboxylic acids is 2. The van der Waals surface area contributed by atoms with E-state index in [4.69, 9.17) is 28.7 Å². The Morgan fingerprint density at radius 3 is 2.50 bits per heavy atom. The number of ether oxygens (including phenoxy) is 5. The van der Waals surface area contributed by atoms with E-state index < -0.39 is 17.7 Å². The molecule has 0 aliphatic carbocycles. The highest BCUT2D eigenvalue weighted by Crippen LogP contribution is 2.47. The summed E-state index contributed by atoms with van der Waals surface area (Å²) >= 11 is 1.26. The van der Waals surface area contributed by atoms with E-state index in [0.29, 0.717) is 89.5 Å². The third-order valence-corrected chi connectivity index (χ3v) is 8.68. The Hall–Kier alpha value is -4.77. The van der Waals surface area contributed by atoms with Crippen LogP contribution in [0, 0.1) is 5.92 Å².